The monoisotopic (exact) mass is 239 g/mol. The average Bonchev–Trinajstić information content (AvgIpc) is 2.29. The van der Waals surface area contributed by atoms with Crippen molar-refractivity contribution in [1.82, 2.24) is 5.32 Å². The molecule has 1 fully saturated rings. The van der Waals surface area contributed by atoms with Crippen molar-refractivity contribution in [3.63, 3.8) is 0 Å². The Morgan fingerprint density at radius 2 is 1.76 bits per heavy atom. The summed E-state index contributed by atoms with van der Waals surface area (Å²) in [4.78, 5) is 11.6. The number of carbonyl (C=O) groups is 1. The van der Waals surface area contributed by atoms with Crippen LogP contribution in [-0.4, -0.2) is 11.9 Å². The molecular formula is C15H29NO. The van der Waals surface area contributed by atoms with E-state index in [0.717, 1.165) is 18.8 Å². The quantitative estimate of drug-likeness (QED) is 0.795. The number of hydrogen-bond donors (Lipinski definition) is 1. The van der Waals surface area contributed by atoms with Crippen molar-refractivity contribution in [2.24, 2.45) is 17.3 Å². The van der Waals surface area contributed by atoms with Gasteiger partial charge in [-0.1, -0.05) is 41.0 Å². The Morgan fingerprint density at radius 1 is 1.24 bits per heavy atom. The summed E-state index contributed by atoms with van der Waals surface area (Å²) in [6.45, 7) is 11.0. The maximum Gasteiger partial charge on any atom is 0.222 e. The Morgan fingerprint density at radius 3 is 2.18 bits per heavy atom. The molecule has 1 aliphatic carbocycles. The number of rotatable bonds is 4. The fourth-order valence-electron chi connectivity index (χ4n) is 2.68. The lowest BCUT2D eigenvalue weighted by molar-refractivity contribution is -0.125. The van der Waals surface area contributed by atoms with Gasteiger partial charge in [-0.15, -0.1) is 0 Å². The molecule has 0 unspecified atom stereocenters. The molecule has 0 bridgehead atoms. The maximum atomic E-state index is 11.6. The molecular weight excluding hydrogens is 210 g/mol. The van der Waals surface area contributed by atoms with Gasteiger partial charge in [-0.3, -0.25) is 4.79 Å². The number of nitrogens with one attached hydrogen (secondary N) is 1. The lowest BCUT2D eigenvalue weighted by atomic mass is 9.69. The predicted molar refractivity (Wildman–Crippen MR) is 72.8 cm³/mol. The van der Waals surface area contributed by atoms with Gasteiger partial charge in [0.25, 0.3) is 0 Å². The first-order valence-electron chi connectivity index (χ1n) is 7.17. The molecule has 0 aliphatic heterocycles. The van der Waals surface area contributed by atoms with Gasteiger partial charge < -0.3 is 5.32 Å². The second-order valence-electron chi connectivity index (χ2n) is 6.55. The van der Waals surface area contributed by atoms with Crippen LogP contribution in [0.2, 0.25) is 0 Å². The molecule has 0 atom stereocenters. The van der Waals surface area contributed by atoms with Gasteiger partial charge in [-0.25, -0.2) is 0 Å². The molecule has 0 aromatic carbocycles. The smallest absolute Gasteiger partial charge is 0.222 e. The van der Waals surface area contributed by atoms with Crippen LogP contribution in [0.4, 0.5) is 0 Å². The molecule has 1 amide bonds. The summed E-state index contributed by atoms with van der Waals surface area (Å²) in [5.74, 6) is 1.16. The Kier molecular flexibility index (Phi) is 5.03. The van der Waals surface area contributed by atoms with Gasteiger partial charge >= 0.3 is 0 Å². The summed E-state index contributed by atoms with van der Waals surface area (Å²) in [5.41, 5.74) is 0.465. The standard InChI is InChI=1S/C15H29NO/c1-6-15(4,5)12-7-9-13(10-8-12)16-14(17)11(2)3/h11-13H,6-10H2,1-5H3,(H,16,17). The van der Waals surface area contributed by atoms with Crippen LogP contribution in [-0.2, 0) is 4.79 Å². The zero-order chi connectivity index (χ0) is 13.1. The minimum Gasteiger partial charge on any atom is -0.353 e. The number of amides is 1. The van der Waals surface area contributed by atoms with Gasteiger partial charge in [0.1, 0.15) is 0 Å². The first-order chi connectivity index (χ1) is 7.86. The highest BCUT2D eigenvalue weighted by atomic mass is 16.1. The molecule has 100 valence electrons. The minimum atomic E-state index is 0.111. The zero-order valence-electron chi connectivity index (χ0n) is 12.2. The molecule has 0 radical (unpaired) electrons. The van der Waals surface area contributed by atoms with Crippen molar-refractivity contribution in [1.29, 1.82) is 0 Å². The van der Waals surface area contributed by atoms with E-state index in [9.17, 15) is 4.79 Å². The van der Waals surface area contributed by atoms with Crippen molar-refractivity contribution < 1.29 is 4.79 Å². The van der Waals surface area contributed by atoms with Gasteiger partial charge in [-0.05, 0) is 37.0 Å². The fourth-order valence-corrected chi connectivity index (χ4v) is 2.68. The van der Waals surface area contributed by atoms with Crippen LogP contribution in [0.25, 0.3) is 0 Å². The Balaban J connectivity index is 2.38. The summed E-state index contributed by atoms with van der Waals surface area (Å²) >= 11 is 0. The van der Waals surface area contributed by atoms with Gasteiger partial charge in [0.2, 0.25) is 5.91 Å². The molecule has 17 heavy (non-hydrogen) atoms. The van der Waals surface area contributed by atoms with Gasteiger partial charge in [0.05, 0.1) is 0 Å². The zero-order valence-corrected chi connectivity index (χ0v) is 12.2. The van der Waals surface area contributed by atoms with E-state index in [1.54, 1.807) is 0 Å². The maximum absolute atomic E-state index is 11.6. The second kappa shape index (κ2) is 5.88. The van der Waals surface area contributed by atoms with E-state index in [4.69, 9.17) is 0 Å². The van der Waals surface area contributed by atoms with E-state index in [1.807, 2.05) is 13.8 Å². The van der Waals surface area contributed by atoms with Gasteiger partial charge in [0, 0.05) is 12.0 Å². The van der Waals surface area contributed by atoms with Crippen molar-refractivity contribution in [2.45, 2.75) is 72.8 Å². The Hall–Kier alpha value is -0.530. The highest BCUT2D eigenvalue weighted by Gasteiger charge is 2.32. The summed E-state index contributed by atoms with van der Waals surface area (Å²) in [6, 6.07) is 0.425. The number of carbonyl (C=O) groups excluding carboxylic acids is 1. The molecule has 0 spiro atoms. The minimum absolute atomic E-state index is 0.111. The van der Waals surface area contributed by atoms with Crippen LogP contribution in [0.3, 0.4) is 0 Å². The van der Waals surface area contributed by atoms with E-state index >= 15 is 0 Å². The van der Waals surface area contributed by atoms with E-state index < -0.39 is 0 Å². The normalized spacial score (nSPS) is 26.0. The third-order valence-corrected chi connectivity index (χ3v) is 4.61. The van der Waals surface area contributed by atoms with E-state index in [2.05, 4.69) is 26.1 Å². The lowest BCUT2D eigenvalue weighted by Gasteiger charge is -2.39. The van der Waals surface area contributed by atoms with Crippen molar-refractivity contribution in [3.05, 3.63) is 0 Å². The van der Waals surface area contributed by atoms with Crippen molar-refractivity contribution in [3.8, 4) is 0 Å². The molecule has 0 heterocycles. The summed E-state index contributed by atoms with van der Waals surface area (Å²) in [5, 5.41) is 3.17. The van der Waals surface area contributed by atoms with Crippen LogP contribution in [0.1, 0.15) is 66.7 Å². The molecule has 0 saturated heterocycles. The second-order valence-corrected chi connectivity index (χ2v) is 6.55. The first-order valence-corrected chi connectivity index (χ1v) is 7.17. The highest BCUT2D eigenvalue weighted by molar-refractivity contribution is 5.78. The van der Waals surface area contributed by atoms with Gasteiger partial charge in [0.15, 0.2) is 0 Å². The summed E-state index contributed by atoms with van der Waals surface area (Å²) < 4.78 is 0. The Bertz CT molecular complexity index is 250. The van der Waals surface area contributed by atoms with Crippen LogP contribution in [0.15, 0.2) is 0 Å². The van der Waals surface area contributed by atoms with Gasteiger partial charge in [-0.2, -0.15) is 0 Å². The molecule has 1 N–H and O–H groups in total. The molecule has 0 aromatic rings. The van der Waals surface area contributed by atoms with E-state index in [-0.39, 0.29) is 11.8 Å². The molecule has 2 nitrogen and oxygen atoms in total. The van der Waals surface area contributed by atoms with E-state index in [1.165, 1.54) is 19.3 Å². The molecule has 1 rings (SSSR count). The fraction of sp³-hybridized carbons (Fsp3) is 0.933. The van der Waals surface area contributed by atoms with E-state index in [0.29, 0.717) is 11.5 Å². The van der Waals surface area contributed by atoms with Crippen LogP contribution in [0, 0.1) is 17.3 Å². The summed E-state index contributed by atoms with van der Waals surface area (Å²) in [7, 11) is 0. The molecule has 0 aromatic heterocycles. The summed E-state index contributed by atoms with van der Waals surface area (Å²) in [6.07, 6.45) is 6.10. The Labute approximate surface area is 107 Å². The molecule has 1 aliphatic rings. The average molecular weight is 239 g/mol. The van der Waals surface area contributed by atoms with Crippen molar-refractivity contribution >= 4 is 5.91 Å². The lowest BCUT2D eigenvalue weighted by Crippen LogP contribution is -2.41. The largest absolute Gasteiger partial charge is 0.353 e. The topological polar surface area (TPSA) is 29.1 Å². The van der Waals surface area contributed by atoms with Crippen molar-refractivity contribution in [2.75, 3.05) is 0 Å². The first kappa shape index (κ1) is 14.5. The molecule has 1 saturated carbocycles. The third kappa shape index (κ3) is 4.01. The predicted octanol–water partition coefficient (Wildman–Crippen LogP) is 3.75. The third-order valence-electron chi connectivity index (χ3n) is 4.61. The SMILES string of the molecule is CCC(C)(C)C1CCC(NC(=O)C(C)C)CC1. The van der Waals surface area contributed by atoms with Crippen LogP contribution in [0.5, 0.6) is 0 Å². The highest BCUT2D eigenvalue weighted by Crippen LogP contribution is 2.40. The molecule has 2 heteroatoms. The van der Waals surface area contributed by atoms with Crippen LogP contribution >= 0.6 is 0 Å². The van der Waals surface area contributed by atoms with Crippen LogP contribution < -0.4 is 5.32 Å². The number of hydrogen-bond acceptors (Lipinski definition) is 1.